The lowest BCUT2D eigenvalue weighted by atomic mass is 10.1. The molecule has 0 saturated carbocycles. The Morgan fingerprint density at radius 2 is 1.62 bits per heavy atom. The van der Waals surface area contributed by atoms with Gasteiger partial charge in [-0.2, -0.15) is 0 Å². The van der Waals surface area contributed by atoms with Gasteiger partial charge in [-0.15, -0.1) is 0 Å². The minimum absolute atomic E-state index is 0.0782. The van der Waals surface area contributed by atoms with Gasteiger partial charge in [0.15, 0.2) is 0 Å². The van der Waals surface area contributed by atoms with Crippen LogP contribution in [0.1, 0.15) is 35.6 Å². The third-order valence-electron chi connectivity index (χ3n) is 4.46. The molecular formula is C22H28N2O2. The lowest BCUT2D eigenvalue weighted by molar-refractivity contribution is -0.132. The number of benzene rings is 2. The van der Waals surface area contributed by atoms with Crippen LogP contribution in [0.2, 0.25) is 0 Å². The summed E-state index contributed by atoms with van der Waals surface area (Å²) in [5.74, 6) is -0.236. The molecule has 0 heterocycles. The Hall–Kier alpha value is -2.62. The Morgan fingerprint density at radius 3 is 2.19 bits per heavy atom. The Morgan fingerprint density at radius 1 is 1.00 bits per heavy atom. The average Bonchev–Trinajstić information content (AvgIpc) is 2.58. The molecule has 2 rings (SSSR count). The second-order valence-corrected chi connectivity index (χ2v) is 6.85. The summed E-state index contributed by atoms with van der Waals surface area (Å²) in [4.78, 5) is 26.0. The quantitative estimate of drug-likeness (QED) is 0.818. The van der Waals surface area contributed by atoms with E-state index in [2.05, 4.69) is 17.4 Å². The van der Waals surface area contributed by atoms with E-state index in [1.165, 1.54) is 18.1 Å². The minimum Gasteiger partial charge on any atom is -0.334 e. The van der Waals surface area contributed by atoms with Gasteiger partial charge in [0.1, 0.15) is 0 Å². The highest BCUT2D eigenvalue weighted by Crippen LogP contribution is 2.21. The topological polar surface area (TPSA) is 49.4 Å². The van der Waals surface area contributed by atoms with Crippen LogP contribution in [0.3, 0.4) is 0 Å². The van der Waals surface area contributed by atoms with Gasteiger partial charge in [0.05, 0.1) is 6.54 Å². The molecule has 26 heavy (non-hydrogen) atoms. The number of carbonyl (C=O) groups excluding carboxylic acids is 2. The van der Waals surface area contributed by atoms with Gasteiger partial charge in [-0.25, -0.2) is 0 Å². The van der Waals surface area contributed by atoms with Crippen molar-refractivity contribution in [2.75, 3.05) is 18.4 Å². The first-order valence-electron chi connectivity index (χ1n) is 9.04. The number of nitrogens with zero attached hydrogens (tertiary/aromatic N) is 1. The number of carbonyl (C=O) groups is 2. The fraction of sp³-hybridized carbons (Fsp3) is 0.364. The van der Waals surface area contributed by atoms with E-state index >= 15 is 0 Å². The molecule has 4 nitrogen and oxygen atoms in total. The third-order valence-corrected chi connectivity index (χ3v) is 4.46. The molecule has 0 spiro atoms. The highest BCUT2D eigenvalue weighted by Gasteiger charge is 2.15. The highest BCUT2D eigenvalue weighted by molar-refractivity contribution is 5.95. The minimum atomic E-state index is -0.157. The molecular weight excluding hydrogens is 324 g/mol. The molecule has 0 atom stereocenters. The normalized spacial score (nSPS) is 10.5. The molecule has 0 aliphatic heterocycles. The summed E-state index contributed by atoms with van der Waals surface area (Å²) >= 11 is 0. The predicted molar refractivity (Wildman–Crippen MR) is 106 cm³/mol. The maximum Gasteiger partial charge on any atom is 0.244 e. The van der Waals surface area contributed by atoms with Gasteiger partial charge in [0.2, 0.25) is 11.8 Å². The number of aryl methyl sites for hydroxylation is 4. The molecule has 2 amide bonds. The first kappa shape index (κ1) is 19.7. The first-order valence-corrected chi connectivity index (χ1v) is 9.04. The predicted octanol–water partition coefficient (Wildman–Crippen LogP) is 4.03. The molecule has 0 aliphatic rings. The van der Waals surface area contributed by atoms with E-state index in [1.807, 2.05) is 51.1 Å². The van der Waals surface area contributed by atoms with Crippen LogP contribution in [-0.2, 0) is 16.0 Å². The van der Waals surface area contributed by atoms with Gasteiger partial charge in [-0.3, -0.25) is 9.59 Å². The molecule has 2 aromatic rings. The van der Waals surface area contributed by atoms with Crippen LogP contribution in [0, 0.1) is 20.8 Å². The lowest BCUT2D eigenvalue weighted by Crippen LogP contribution is -2.37. The SMILES string of the molecule is CC(=O)N(CCCc1ccccc1)CC(=O)Nc1c(C)cc(C)cc1C. The molecule has 0 fully saturated rings. The summed E-state index contributed by atoms with van der Waals surface area (Å²) in [5.41, 5.74) is 5.33. The van der Waals surface area contributed by atoms with Crippen LogP contribution < -0.4 is 5.32 Å². The molecule has 0 saturated heterocycles. The summed E-state index contributed by atoms with van der Waals surface area (Å²) in [6.07, 6.45) is 1.72. The van der Waals surface area contributed by atoms with E-state index in [0.717, 1.165) is 29.7 Å². The van der Waals surface area contributed by atoms with Crippen molar-refractivity contribution >= 4 is 17.5 Å². The van der Waals surface area contributed by atoms with Crippen molar-refractivity contribution in [3.8, 4) is 0 Å². The summed E-state index contributed by atoms with van der Waals surface area (Å²) in [6, 6.07) is 14.3. The summed E-state index contributed by atoms with van der Waals surface area (Å²) in [5, 5.41) is 2.97. The second-order valence-electron chi connectivity index (χ2n) is 6.85. The molecule has 138 valence electrons. The summed E-state index contributed by atoms with van der Waals surface area (Å²) in [7, 11) is 0. The second kappa shape index (κ2) is 9.18. The lowest BCUT2D eigenvalue weighted by Gasteiger charge is -2.21. The number of hydrogen-bond donors (Lipinski definition) is 1. The van der Waals surface area contributed by atoms with Gasteiger partial charge in [-0.05, 0) is 50.3 Å². The van der Waals surface area contributed by atoms with Crippen LogP contribution in [0.15, 0.2) is 42.5 Å². The maximum atomic E-state index is 12.4. The van der Waals surface area contributed by atoms with Crippen molar-refractivity contribution in [1.29, 1.82) is 0 Å². The zero-order chi connectivity index (χ0) is 19.1. The molecule has 0 bridgehead atoms. The van der Waals surface area contributed by atoms with Crippen LogP contribution in [0.4, 0.5) is 5.69 Å². The van der Waals surface area contributed by atoms with Crippen LogP contribution in [-0.4, -0.2) is 29.8 Å². The molecule has 1 N–H and O–H groups in total. The van der Waals surface area contributed by atoms with E-state index in [-0.39, 0.29) is 18.4 Å². The molecule has 2 aromatic carbocycles. The van der Waals surface area contributed by atoms with Gasteiger partial charge >= 0.3 is 0 Å². The number of rotatable bonds is 7. The first-order chi connectivity index (χ1) is 12.4. The number of anilines is 1. The fourth-order valence-corrected chi connectivity index (χ4v) is 3.20. The van der Waals surface area contributed by atoms with E-state index in [9.17, 15) is 9.59 Å². The average molecular weight is 352 g/mol. The van der Waals surface area contributed by atoms with Crippen molar-refractivity contribution < 1.29 is 9.59 Å². The van der Waals surface area contributed by atoms with Crippen LogP contribution in [0.25, 0.3) is 0 Å². The Bertz CT molecular complexity index is 746. The molecule has 0 radical (unpaired) electrons. The van der Waals surface area contributed by atoms with Crippen LogP contribution in [0.5, 0.6) is 0 Å². The van der Waals surface area contributed by atoms with Gasteiger partial charge in [0, 0.05) is 19.2 Å². The van der Waals surface area contributed by atoms with E-state index < -0.39 is 0 Å². The van der Waals surface area contributed by atoms with Crippen molar-refractivity contribution in [3.63, 3.8) is 0 Å². The highest BCUT2D eigenvalue weighted by atomic mass is 16.2. The van der Waals surface area contributed by atoms with Gasteiger partial charge in [-0.1, -0.05) is 48.0 Å². The van der Waals surface area contributed by atoms with Gasteiger partial charge < -0.3 is 10.2 Å². The van der Waals surface area contributed by atoms with Crippen molar-refractivity contribution in [2.24, 2.45) is 0 Å². The standard InChI is InChI=1S/C22H28N2O2/c1-16-13-17(2)22(18(3)14-16)23-21(26)15-24(19(4)25)12-8-11-20-9-6-5-7-10-20/h5-7,9-10,13-14H,8,11-12,15H2,1-4H3,(H,23,26). The molecule has 4 heteroatoms. The van der Waals surface area contributed by atoms with E-state index in [1.54, 1.807) is 4.90 Å². The molecule has 0 aromatic heterocycles. The third kappa shape index (κ3) is 5.73. The largest absolute Gasteiger partial charge is 0.334 e. The maximum absolute atomic E-state index is 12.4. The number of hydrogen-bond acceptors (Lipinski definition) is 2. The monoisotopic (exact) mass is 352 g/mol. The van der Waals surface area contributed by atoms with E-state index in [4.69, 9.17) is 0 Å². The van der Waals surface area contributed by atoms with Crippen molar-refractivity contribution in [3.05, 3.63) is 64.7 Å². The zero-order valence-electron chi connectivity index (χ0n) is 16.1. The van der Waals surface area contributed by atoms with Crippen molar-refractivity contribution in [2.45, 2.75) is 40.5 Å². The zero-order valence-corrected chi connectivity index (χ0v) is 16.1. The summed E-state index contributed by atoms with van der Waals surface area (Å²) < 4.78 is 0. The fourth-order valence-electron chi connectivity index (χ4n) is 3.20. The van der Waals surface area contributed by atoms with E-state index in [0.29, 0.717) is 6.54 Å². The van der Waals surface area contributed by atoms with Gasteiger partial charge in [0.25, 0.3) is 0 Å². The molecule has 0 unspecified atom stereocenters. The summed E-state index contributed by atoms with van der Waals surface area (Å²) in [6.45, 7) is 8.17. The van der Waals surface area contributed by atoms with Crippen molar-refractivity contribution in [1.82, 2.24) is 4.90 Å². The Balaban J connectivity index is 1.92. The van der Waals surface area contributed by atoms with Crippen LogP contribution >= 0.6 is 0 Å². The Labute approximate surface area is 156 Å². The molecule has 0 aliphatic carbocycles. The smallest absolute Gasteiger partial charge is 0.244 e. The number of amides is 2. The number of nitrogens with one attached hydrogen (secondary N) is 1. The Kier molecular flexibility index (Phi) is 6.96.